The molecule has 6 heteroatoms. The summed E-state index contributed by atoms with van der Waals surface area (Å²) in [6, 6.07) is 19.4. The van der Waals surface area contributed by atoms with E-state index in [0.717, 1.165) is 11.1 Å². The van der Waals surface area contributed by atoms with Gasteiger partial charge in [0.25, 0.3) is 0 Å². The first kappa shape index (κ1) is 29.8. The zero-order chi connectivity index (χ0) is 26.9. The molecule has 2 aromatic rings. The van der Waals surface area contributed by atoms with Crippen LogP contribution in [-0.4, -0.2) is 38.9 Å². The Morgan fingerprint density at radius 2 is 1.39 bits per heavy atom. The summed E-state index contributed by atoms with van der Waals surface area (Å²) in [5.74, 6) is -1.06. The van der Waals surface area contributed by atoms with E-state index in [1.165, 1.54) is 0 Å². The molecular formula is C30H45NO4Si. The van der Waals surface area contributed by atoms with Crippen molar-refractivity contribution in [1.82, 2.24) is 5.32 Å². The number of benzene rings is 2. The van der Waals surface area contributed by atoms with Crippen molar-refractivity contribution in [2.24, 2.45) is 17.3 Å². The summed E-state index contributed by atoms with van der Waals surface area (Å²) in [5, 5.41) is 13.4. The van der Waals surface area contributed by atoms with Gasteiger partial charge < -0.3 is 14.8 Å². The smallest absolute Gasteiger partial charge is 0.306 e. The van der Waals surface area contributed by atoms with Gasteiger partial charge in [0.1, 0.15) is 0 Å². The molecule has 2 N–H and O–H groups in total. The van der Waals surface area contributed by atoms with Crippen LogP contribution < -0.4 is 5.32 Å². The Balaban J connectivity index is 2.40. The van der Waals surface area contributed by atoms with Crippen LogP contribution in [0.25, 0.3) is 0 Å². The van der Waals surface area contributed by atoms with Gasteiger partial charge in [-0.3, -0.25) is 9.59 Å². The fraction of sp³-hybridized carbons (Fsp3) is 0.533. The van der Waals surface area contributed by atoms with E-state index in [1.807, 2.05) is 81.4 Å². The molecule has 2 rings (SSSR count). The van der Waals surface area contributed by atoms with Crippen LogP contribution in [0.4, 0.5) is 0 Å². The first-order valence-electron chi connectivity index (χ1n) is 13.0. The Hall–Kier alpha value is -2.44. The minimum atomic E-state index is -1.04. The molecule has 0 heterocycles. The van der Waals surface area contributed by atoms with E-state index in [0.29, 0.717) is 25.2 Å². The minimum absolute atomic E-state index is 0.0434. The first-order chi connectivity index (χ1) is 16.8. The number of nitrogens with one attached hydrogen (secondary N) is 1. The molecule has 0 aromatic heterocycles. The second-order valence-electron chi connectivity index (χ2n) is 12.0. The number of hydrogen-bond acceptors (Lipinski definition) is 3. The van der Waals surface area contributed by atoms with Gasteiger partial charge >= 0.3 is 5.97 Å². The number of carbonyl (C=O) groups excluding carboxylic acids is 1. The fourth-order valence-corrected chi connectivity index (χ4v) is 5.16. The van der Waals surface area contributed by atoms with E-state index >= 15 is 0 Å². The summed E-state index contributed by atoms with van der Waals surface area (Å²) in [4.78, 5) is 25.5. The molecule has 0 radical (unpaired) electrons. The van der Waals surface area contributed by atoms with Gasteiger partial charge in [-0.15, -0.1) is 0 Å². The summed E-state index contributed by atoms with van der Waals surface area (Å²) in [6.45, 7) is 14.5. The van der Waals surface area contributed by atoms with E-state index in [2.05, 4.69) is 33.0 Å². The molecule has 0 saturated carbocycles. The third kappa shape index (κ3) is 9.55. The van der Waals surface area contributed by atoms with Crippen LogP contribution in [0.2, 0.25) is 5.04 Å². The van der Waals surface area contributed by atoms with Crippen molar-refractivity contribution in [3.05, 3.63) is 71.8 Å². The molecule has 0 aliphatic carbocycles. The highest BCUT2D eigenvalue weighted by Gasteiger charge is 2.34. The van der Waals surface area contributed by atoms with Crippen LogP contribution in [0.15, 0.2) is 60.7 Å². The summed E-state index contributed by atoms with van der Waals surface area (Å²) >= 11 is 0. The average Bonchev–Trinajstić information content (AvgIpc) is 2.81. The monoisotopic (exact) mass is 511 g/mol. The van der Waals surface area contributed by atoms with E-state index in [1.54, 1.807) is 0 Å². The molecule has 198 valence electrons. The Labute approximate surface area is 220 Å². The van der Waals surface area contributed by atoms with Gasteiger partial charge in [0, 0.05) is 5.41 Å². The van der Waals surface area contributed by atoms with Gasteiger partial charge in [0.2, 0.25) is 5.91 Å². The predicted octanol–water partition coefficient (Wildman–Crippen LogP) is 5.42. The van der Waals surface area contributed by atoms with Gasteiger partial charge in [0.05, 0.1) is 18.1 Å². The topological polar surface area (TPSA) is 75.6 Å². The Morgan fingerprint density at radius 3 is 1.83 bits per heavy atom. The number of carbonyl (C=O) groups is 2. The quantitative estimate of drug-likeness (QED) is 0.352. The lowest BCUT2D eigenvalue weighted by molar-refractivity contribution is -0.142. The standard InChI is InChI=1S/C30H45NO4Si/c1-21(2)30(6,7)36-35-26(20-24(27(32)33)18-22-14-10-8-11-15-22)25(31-28(34)29(3,4)5)19-23-16-12-9-13-17-23/h8-17,21,24-26H,18-20,36H2,1-7H3,(H,31,34)(H,32,33)/t24-,25+,26+/m1/s1. The molecule has 0 aliphatic heterocycles. The number of carboxylic acid groups (broad SMARTS) is 1. The van der Waals surface area contributed by atoms with Crippen molar-refractivity contribution >= 4 is 21.6 Å². The molecule has 0 unspecified atom stereocenters. The molecular weight excluding hydrogens is 466 g/mol. The zero-order valence-corrected chi connectivity index (χ0v) is 24.5. The number of aliphatic carboxylic acids is 1. The maximum atomic E-state index is 13.1. The van der Waals surface area contributed by atoms with Crippen molar-refractivity contribution in [2.75, 3.05) is 0 Å². The summed E-state index contributed by atoms with van der Waals surface area (Å²) in [7, 11) is -1.04. The third-order valence-electron chi connectivity index (χ3n) is 7.17. The van der Waals surface area contributed by atoms with Gasteiger partial charge in [-0.2, -0.15) is 0 Å². The van der Waals surface area contributed by atoms with Crippen LogP contribution >= 0.6 is 0 Å². The predicted molar refractivity (Wildman–Crippen MR) is 150 cm³/mol. The van der Waals surface area contributed by atoms with Crippen molar-refractivity contribution in [1.29, 1.82) is 0 Å². The lowest BCUT2D eigenvalue weighted by Gasteiger charge is -2.36. The average molecular weight is 512 g/mol. The molecule has 0 saturated heterocycles. The maximum absolute atomic E-state index is 13.1. The molecule has 3 atom stereocenters. The molecule has 0 spiro atoms. The molecule has 5 nitrogen and oxygen atoms in total. The van der Waals surface area contributed by atoms with Crippen molar-refractivity contribution in [3.8, 4) is 0 Å². The van der Waals surface area contributed by atoms with Crippen molar-refractivity contribution in [3.63, 3.8) is 0 Å². The second-order valence-corrected chi connectivity index (χ2v) is 14.4. The van der Waals surface area contributed by atoms with Crippen molar-refractivity contribution in [2.45, 2.75) is 84.9 Å². The highest BCUT2D eigenvalue weighted by Crippen LogP contribution is 2.34. The first-order valence-corrected chi connectivity index (χ1v) is 14.3. The molecule has 36 heavy (non-hydrogen) atoms. The lowest BCUT2D eigenvalue weighted by Crippen LogP contribution is -2.51. The molecule has 0 aliphatic rings. The number of rotatable bonds is 13. The molecule has 2 aromatic carbocycles. The fourth-order valence-electron chi connectivity index (χ4n) is 3.82. The van der Waals surface area contributed by atoms with E-state index in [4.69, 9.17) is 4.43 Å². The SMILES string of the molecule is CC(C)C(C)(C)[SiH2]O[C@@H](C[C@@H](Cc1ccccc1)C(=O)O)[C@H](Cc1ccccc1)NC(=O)C(C)(C)C. The highest BCUT2D eigenvalue weighted by atomic mass is 28.2. The number of amides is 1. The van der Waals surface area contributed by atoms with Crippen LogP contribution in [0.3, 0.4) is 0 Å². The Morgan fingerprint density at radius 1 is 0.889 bits per heavy atom. The van der Waals surface area contributed by atoms with Crippen LogP contribution in [-0.2, 0) is 26.9 Å². The molecule has 1 amide bonds. The van der Waals surface area contributed by atoms with Gasteiger partial charge in [0.15, 0.2) is 9.76 Å². The van der Waals surface area contributed by atoms with E-state index in [-0.39, 0.29) is 17.0 Å². The summed E-state index contributed by atoms with van der Waals surface area (Å²) < 4.78 is 6.70. The van der Waals surface area contributed by atoms with Gasteiger partial charge in [-0.25, -0.2) is 0 Å². The maximum Gasteiger partial charge on any atom is 0.306 e. The summed E-state index contributed by atoms with van der Waals surface area (Å²) in [6.07, 6.45) is 0.955. The molecule has 0 fully saturated rings. The van der Waals surface area contributed by atoms with E-state index < -0.39 is 33.2 Å². The molecule has 0 bridgehead atoms. The minimum Gasteiger partial charge on any atom is -0.481 e. The van der Waals surface area contributed by atoms with E-state index in [9.17, 15) is 14.7 Å². The summed E-state index contributed by atoms with van der Waals surface area (Å²) in [5.41, 5.74) is 1.51. The second kappa shape index (κ2) is 13.2. The van der Waals surface area contributed by atoms with Crippen LogP contribution in [0.1, 0.15) is 66.0 Å². The van der Waals surface area contributed by atoms with Gasteiger partial charge in [-0.05, 0) is 41.3 Å². The van der Waals surface area contributed by atoms with Gasteiger partial charge in [-0.1, -0.05) is 109 Å². The van der Waals surface area contributed by atoms with Crippen LogP contribution in [0, 0.1) is 17.3 Å². The normalized spacial score (nSPS) is 15.1. The Bertz CT molecular complexity index is 954. The lowest BCUT2D eigenvalue weighted by atomic mass is 9.88. The van der Waals surface area contributed by atoms with Crippen molar-refractivity contribution < 1.29 is 19.1 Å². The number of hydrogen-bond donors (Lipinski definition) is 2. The number of carboxylic acids is 1. The third-order valence-corrected chi connectivity index (χ3v) is 9.32. The Kier molecular flexibility index (Phi) is 10.9. The highest BCUT2D eigenvalue weighted by molar-refractivity contribution is 6.32. The van der Waals surface area contributed by atoms with Crippen LogP contribution in [0.5, 0.6) is 0 Å². The zero-order valence-electron chi connectivity index (χ0n) is 23.1. The largest absolute Gasteiger partial charge is 0.481 e.